The van der Waals surface area contributed by atoms with E-state index in [9.17, 15) is 4.79 Å². The molecule has 0 saturated heterocycles. The summed E-state index contributed by atoms with van der Waals surface area (Å²) in [4.78, 5) is 22.6. The van der Waals surface area contributed by atoms with E-state index >= 15 is 0 Å². The number of pyridine rings is 1. The van der Waals surface area contributed by atoms with Crippen LogP contribution in [0.15, 0.2) is 76.5 Å². The quantitative estimate of drug-likeness (QED) is 0.304. The SMILES string of the molecule is CCOC(=O)C1(c2ccc(-c3ccc(C4ON=C(C)C4Nc4cccc(Br)n4)cc3)cc2)CC1. The molecule has 34 heavy (non-hydrogen) atoms. The van der Waals surface area contributed by atoms with Crippen molar-refractivity contribution in [1.29, 1.82) is 0 Å². The summed E-state index contributed by atoms with van der Waals surface area (Å²) >= 11 is 3.41. The Morgan fingerprint density at radius 1 is 1.09 bits per heavy atom. The molecule has 0 bridgehead atoms. The molecule has 0 amide bonds. The van der Waals surface area contributed by atoms with Crippen LogP contribution in [0.25, 0.3) is 11.1 Å². The van der Waals surface area contributed by atoms with E-state index in [1.54, 1.807) is 0 Å². The molecule has 1 N–H and O–H groups in total. The molecular weight excluding hydrogens is 494 g/mol. The van der Waals surface area contributed by atoms with Crippen molar-refractivity contribution >= 4 is 33.4 Å². The van der Waals surface area contributed by atoms with Crippen LogP contribution < -0.4 is 5.32 Å². The van der Waals surface area contributed by atoms with Gasteiger partial charge >= 0.3 is 5.97 Å². The lowest BCUT2D eigenvalue weighted by Crippen LogP contribution is -2.30. The molecule has 2 unspecified atom stereocenters. The Morgan fingerprint density at radius 2 is 1.76 bits per heavy atom. The minimum absolute atomic E-state index is 0.107. The minimum atomic E-state index is -0.443. The fourth-order valence-corrected chi connectivity index (χ4v) is 4.75. The van der Waals surface area contributed by atoms with Gasteiger partial charge in [0.2, 0.25) is 0 Å². The number of hydrogen-bond acceptors (Lipinski definition) is 6. The molecule has 2 aliphatic rings. The number of halogens is 1. The summed E-state index contributed by atoms with van der Waals surface area (Å²) in [5.41, 5.74) is 4.71. The largest absolute Gasteiger partial charge is 0.465 e. The normalized spacial score (nSPS) is 20.3. The van der Waals surface area contributed by atoms with Gasteiger partial charge in [0.1, 0.15) is 16.5 Å². The van der Waals surface area contributed by atoms with Gasteiger partial charge in [-0.05, 0) is 77.0 Å². The highest BCUT2D eigenvalue weighted by Crippen LogP contribution is 2.49. The van der Waals surface area contributed by atoms with E-state index in [2.05, 4.69) is 79.9 Å². The molecule has 0 spiro atoms. The summed E-state index contributed by atoms with van der Waals surface area (Å²) < 4.78 is 6.06. The van der Waals surface area contributed by atoms with Gasteiger partial charge in [0, 0.05) is 0 Å². The van der Waals surface area contributed by atoms with E-state index < -0.39 is 5.41 Å². The Balaban J connectivity index is 1.31. The van der Waals surface area contributed by atoms with E-state index in [0.717, 1.165) is 51.2 Å². The number of nitrogens with zero attached hydrogens (tertiary/aromatic N) is 2. The number of oxime groups is 1. The molecule has 7 heteroatoms. The summed E-state index contributed by atoms with van der Waals surface area (Å²) in [6.45, 7) is 4.21. The number of esters is 1. The topological polar surface area (TPSA) is 72.8 Å². The third-order valence-electron chi connectivity index (χ3n) is 6.51. The number of carbonyl (C=O) groups excluding carboxylic acids is 1. The number of nitrogens with one attached hydrogen (secondary N) is 1. The molecule has 0 radical (unpaired) electrons. The number of anilines is 1. The first-order valence-corrected chi connectivity index (χ1v) is 12.3. The van der Waals surface area contributed by atoms with Gasteiger partial charge in [-0.3, -0.25) is 4.79 Å². The van der Waals surface area contributed by atoms with Crippen LogP contribution in [0.5, 0.6) is 0 Å². The summed E-state index contributed by atoms with van der Waals surface area (Å²) in [6, 6.07) is 22.2. The Labute approximate surface area is 207 Å². The standard InChI is InChI=1S/C27H26BrN3O3/c1-3-33-26(32)27(15-16-27)21-13-11-19(12-14-21)18-7-9-20(10-8-18)25-24(17(2)31-34-25)30-23-6-4-5-22(28)29-23/h4-14,24-25H,3,15-16H2,1-2H3,(H,29,30). The van der Waals surface area contributed by atoms with E-state index in [1.807, 2.05) is 32.0 Å². The summed E-state index contributed by atoms with van der Waals surface area (Å²) in [6.07, 6.45) is 1.47. The second-order valence-corrected chi connectivity index (χ2v) is 9.54. The fourth-order valence-electron chi connectivity index (χ4n) is 4.41. The van der Waals surface area contributed by atoms with Gasteiger partial charge in [-0.25, -0.2) is 4.98 Å². The lowest BCUT2D eigenvalue weighted by molar-refractivity contribution is -0.146. The van der Waals surface area contributed by atoms with Crippen LogP contribution in [-0.4, -0.2) is 29.3 Å². The van der Waals surface area contributed by atoms with Crippen molar-refractivity contribution < 1.29 is 14.4 Å². The Hall–Kier alpha value is -3.19. The zero-order valence-electron chi connectivity index (χ0n) is 19.1. The van der Waals surface area contributed by atoms with Crippen molar-refractivity contribution in [3.05, 3.63) is 82.5 Å². The maximum absolute atomic E-state index is 12.4. The van der Waals surface area contributed by atoms with Crippen LogP contribution in [0.3, 0.4) is 0 Å². The predicted octanol–water partition coefficient (Wildman–Crippen LogP) is 6.03. The van der Waals surface area contributed by atoms with E-state index in [1.165, 1.54) is 0 Å². The third-order valence-corrected chi connectivity index (χ3v) is 6.95. The fraction of sp³-hybridized carbons (Fsp3) is 0.296. The van der Waals surface area contributed by atoms with E-state index in [0.29, 0.717) is 6.61 Å². The number of ether oxygens (including phenoxy) is 1. The van der Waals surface area contributed by atoms with E-state index in [-0.39, 0.29) is 18.1 Å². The molecule has 6 nitrogen and oxygen atoms in total. The lowest BCUT2D eigenvalue weighted by Gasteiger charge is -2.20. The molecule has 2 atom stereocenters. The van der Waals surface area contributed by atoms with Crippen LogP contribution in [0.4, 0.5) is 5.82 Å². The molecule has 174 valence electrons. The highest BCUT2D eigenvalue weighted by molar-refractivity contribution is 9.10. The van der Waals surface area contributed by atoms with Gasteiger partial charge in [0.25, 0.3) is 0 Å². The molecule has 2 heterocycles. The molecule has 1 aromatic heterocycles. The van der Waals surface area contributed by atoms with Crippen molar-refractivity contribution in [3.63, 3.8) is 0 Å². The van der Waals surface area contributed by atoms with Gasteiger partial charge in [-0.1, -0.05) is 59.8 Å². The van der Waals surface area contributed by atoms with Gasteiger partial charge in [0.15, 0.2) is 6.10 Å². The predicted molar refractivity (Wildman–Crippen MR) is 136 cm³/mol. The van der Waals surface area contributed by atoms with Crippen molar-refractivity contribution in [3.8, 4) is 11.1 Å². The molecule has 1 aliphatic carbocycles. The first-order valence-electron chi connectivity index (χ1n) is 11.5. The number of carbonyl (C=O) groups is 1. The second-order valence-electron chi connectivity index (χ2n) is 8.73. The number of hydrogen-bond donors (Lipinski definition) is 1. The first-order chi connectivity index (χ1) is 16.5. The summed E-state index contributed by atoms with van der Waals surface area (Å²) in [5, 5.41) is 7.65. The van der Waals surface area contributed by atoms with E-state index in [4.69, 9.17) is 9.57 Å². The van der Waals surface area contributed by atoms with Crippen LogP contribution in [0.2, 0.25) is 0 Å². The Kier molecular flexibility index (Phi) is 6.13. The van der Waals surface area contributed by atoms with Crippen LogP contribution in [0.1, 0.15) is 43.9 Å². The second kappa shape index (κ2) is 9.22. The summed E-state index contributed by atoms with van der Waals surface area (Å²) in [7, 11) is 0. The smallest absolute Gasteiger partial charge is 0.316 e. The zero-order chi connectivity index (χ0) is 23.7. The number of aromatic nitrogens is 1. The van der Waals surface area contributed by atoms with Crippen molar-refractivity contribution in [1.82, 2.24) is 4.98 Å². The van der Waals surface area contributed by atoms with Gasteiger partial charge < -0.3 is 14.9 Å². The third kappa shape index (κ3) is 4.32. The minimum Gasteiger partial charge on any atom is -0.465 e. The highest BCUT2D eigenvalue weighted by Gasteiger charge is 2.52. The molecule has 1 fully saturated rings. The maximum Gasteiger partial charge on any atom is 0.316 e. The number of rotatable bonds is 7. The highest BCUT2D eigenvalue weighted by atomic mass is 79.9. The van der Waals surface area contributed by atoms with Crippen LogP contribution >= 0.6 is 15.9 Å². The average molecular weight is 520 g/mol. The Morgan fingerprint density at radius 3 is 2.38 bits per heavy atom. The molecule has 1 aliphatic heterocycles. The monoisotopic (exact) mass is 519 g/mol. The van der Waals surface area contributed by atoms with Crippen molar-refractivity contribution in [2.45, 2.75) is 44.2 Å². The summed E-state index contributed by atoms with van der Waals surface area (Å²) in [5.74, 6) is 0.653. The first kappa shape index (κ1) is 22.6. The Bertz CT molecular complexity index is 1220. The molecular formula is C27H26BrN3O3. The van der Waals surface area contributed by atoms with Crippen molar-refractivity contribution in [2.75, 3.05) is 11.9 Å². The van der Waals surface area contributed by atoms with Crippen molar-refractivity contribution in [2.24, 2.45) is 5.16 Å². The lowest BCUT2D eigenvalue weighted by atomic mass is 9.93. The molecule has 3 aromatic rings. The van der Waals surface area contributed by atoms with Gasteiger partial charge in [-0.15, -0.1) is 0 Å². The molecule has 2 aromatic carbocycles. The molecule has 1 saturated carbocycles. The number of benzene rings is 2. The average Bonchev–Trinajstić information content (AvgIpc) is 3.59. The van der Waals surface area contributed by atoms with Crippen LogP contribution in [-0.2, 0) is 19.8 Å². The van der Waals surface area contributed by atoms with Gasteiger partial charge in [-0.2, -0.15) is 0 Å². The van der Waals surface area contributed by atoms with Gasteiger partial charge in [0.05, 0.1) is 17.7 Å². The molecule has 5 rings (SSSR count). The maximum atomic E-state index is 12.4. The van der Waals surface area contributed by atoms with Crippen LogP contribution in [0, 0.1) is 0 Å². The zero-order valence-corrected chi connectivity index (χ0v) is 20.7.